The number of anilines is 1. The highest BCUT2D eigenvalue weighted by Gasteiger charge is 2.08. The van der Waals surface area contributed by atoms with Crippen molar-refractivity contribution in [1.82, 2.24) is 15.3 Å². The van der Waals surface area contributed by atoms with Crippen LogP contribution in [-0.4, -0.2) is 15.9 Å². The van der Waals surface area contributed by atoms with E-state index in [1.54, 1.807) is 24.3 Å². The van der Waals surface area contributed by atoms with Crippen LogP contribution in [0, 0.1) is 5.82 Å². The molecular formula is C19H16ClFN4O. The van der Waals surface area contributed by atoms with Gasteiger partial charge in [-0.3, -0.25) is 4.79 Å². The number of amides is 1. The number of carbonyl (C=O) groups excluding carboxylic acids is 1. The van der Waals surface area contributed by atoms with Crippen molar-refractivity contribution in [2.75, 3.05) is 5.32 Å². The molecule has 26 heavy (non-hydrogen) atoms. The van der Waals surface area contributed by atoms with Gasteiger partial charge >= 0.3 is 0 Å². The van der Waals surface area contributed by atoms with Crippen molar-refractivity contribution in [3.8, 4) is 0 Å². The summed E-state index contributed by atoms with van der Waals surface area (Å²) in [5.41, 5.74) is 1.66. The van der Waals surface area contributed by atoms with Crippen molar-refractivity contribution in [3.63, 3.8) is 0 Å². The quantitative estimate of drug-likeness (QED) is 0.692. The maximum absolute atomic E-state index is 13.6. The summed E-state index contributed by atoms with van der Waals surface area (Å²) < 4.78 is 13.6. The van der Waals surface area contributed by atoms with Crippen LogP contribution in [0.5, 0.6) is 0 Å². The smallest absolute Gasteiger partial charge is 0.254 e. The fourth-order valence-corrected chi connectivity index (χ4v) is 2.47. The first kappa shape index (κ1) is 17.8. The van der Waals surface area contributed by atoms with Gasteiger partial charge in [0.15, 0.2) is 0 Å². The minimum atomic E-state index is -0.300. The molecule has 1 amide bonds. The van der Waals surface area contributed by atoms with Gasteiger partial charge in [0.2, 0.25) is 5.95 Å². The Kier molecular flexibility index (Phi) is 5.76. The second kappa shape index (κ2) is 8.40. The Balaban J connectivity index is 1.56. The summed E-state index contributed by atoms with van der Waals surface area (Å²) in [5, 5.41) is 6.28. The van der Waals surface area contributed by atoms with Crippen LogP contribution >= 0.6 is 11.6 Å². The highest BCUT2D eigenvalue weighted by Crippen LogP contribution is 2.14. The first-order chi connectivity index (χ1) is 12.6. The van der Waals surface area contributed by atoms with Crippen molar-refractivity contribution < 1.29 is 9.18 Å². The van der Waals surface area contributed by atoms with Crippen LogP contribution in [0.3, 0.4) is 0 Å². The highest BCUT2D eigenvalue weighted by molar-refractivity contribution is 6.31. The minimum Gasteiger partial charge on any atom is -0.350 e. The van der Waals surface area contributed by atoms with E-state index in [1.165, 1.54) is 18.5 Å². The van der Waals surface area contributed by atoms with E-state index in [9.17, 15) is 9.18 Å². The van der Waals surface area contributed by atoms with Gasteiger partial charge in [-0.05, 0) is 17.7 Å². The first-order valence-corrected chi connectivity index (χ1v) is 8.32. The highest BCUT2D eigenvalue weighted by atomic mass is 35.5. The zero-order valence-corrected chi connectivity index (χ0v) is 14.5. The minimum absolute atomic E-state index is 0.255. The predicted molar refractivity (Wildman–Crippen MR) is 98.4 cm³/mol. The third-order valence-corrected chi connectivity index (χ3v) is 4.07. The van der Waals surface area contributed by atoms with Crippen LogP contribution in [0.1, 0.15) is 21.5 Å². The van der Waals surface area contributed by atoms with Gasteiger partial charge in [0.1, 0.15) is 5.82 Å². The summed E-state index contributed by atoms with van der Waals surface area (Å²) >= 11 is 6.06. The Bertz CT molecular complexity index is 902. The molecule has 0 unspecified atom stereocenters. The number of nitrogens with one attached hydrogen (secondary N) is 2. The van der Waals surface area contributed by atoms with Crippen molar-refractivity contribution in [2.45, 2.75) is 13.1 Å². The average molecular weight is 371 g/mol. The monoisotopic (exact) mass is 370 g/mol. The molecule has 0 radical (unpaired) electrons. The van der Waals surface area contributed by atoms with E-state index in [1.807, 2.05) is 18.2 Å². The van der Waals surface area contributed by atoms with Gasteiger partial charge < -0.3 is 10.6 Å². The van der Waals surface area contributed by atoms with E-state index in [2.05, 4.69) is 20.6 Å². The lowest BCUT2D eigenvalue weighted by atomic mass is 10.2. The molecule has 0 spiro atoms. The molecule has 2 N–H and O–H groups in total. The van der Waals surface area contributed by atoms with Gasteiger partial charge in [0.05, 0.1) is 5.56 Å². The summed E-state index contributed by atoms with van der Waals surface area (Å²) in [6, 6.07) is 13.7. The van der Waals surface area contributed by atoms with Crippen LogP contribution in [0.2, 0.25) is 5.02 Å². The van der Waals surface area contributed by atoms with E-state index in [-0.39, 0.29) is 18.3 Å². The van der Waals surface area contributed by atoms with E-state index in [0.717, 1.165) is 5.56 Å². The number of aromatic nitrogens is 2. The molecule has 3 aromatic rings. The number of halogens is 2. The van der Waals surface area contributed by atoms with Crippen molar-refractivity contribution in [1.29, 1.82) is 0 Å². The van der Waals surface area contributed by atoms with E-state index >= 15 is 0 Å². The largest absolute Gasteiger partial charge is 0.350 e. The zero-order valence-electron chi connectivity index (χ0n) is 13.7. The molecule has 0 saturated carbocycles. The molecule has 2 aromatic carbocycles. The maximum atomic E-state index is 13.6. The molecular weight excluding hydrogens is 355 g/mol. The third-order valence-electron chi connectivity index (χ3n) is 3.71. The molecule has 0 aliphatic rings. The first-order valence-electron chi connectivity index (χ1n) is 7.94. The lowest BCUT2D eigenvalue weighted by Gasteiger charge is -2.08. The van der Waals surface area contributed by atoms with E-state index < -0.39 is 0 Å². The van der Waals surface area contributed by atoms with Crippen LogP contribution in [0.4, 0.5) is 10.3 Å². The van der Waals surface area contributed by atoms with Gasteiger partial charge in [-0.15, -0.1) is 0 Å². The van der Waals surface area contributed by atoms with Gasteiger partial charge in [-0.1, -0.05) is 48.0 Å². The summed E-state index contributed by atoms with van der Waals surface area (Å²) in [7, 11) is 0. The van der Waals surface area contributed by atoms with Crippen molar-refractivity contribution >= 4 is 23.5 Å². The molecule has 5 nitrogen and oxygen atoms in total. The molecule has 132 valence electrons. The molecule has 0 aliphatic heterocycles. The van der Waals surface area contributed by atoms with Gasteiger partial charge in [-0.25, -0.2) is 14.4 Å². The van der Waals surface area contributed by atoms with Gasteiger partial charge in [-0.2, -0.15) is 0 Å². The van der Waals surface area contributed by atoms with Crippen molar-refractivity contribution in [2.24, 2.45) is 0 Å². The standard InChI is InChI=1S/C19H16ClFN4O/c20-16-7-3-1-5-13(16)9-22-18(26)15-11-24-19(25-12-15)23-10-14-6-2-4-8-17(14)21/h1-8,11-12H,9-10H2,(H,22,26)(H,23,24,25). The summed E-state index contributed by atoms with van der Waals surface area (Å²) in [4.78, 5) is 20.3. The molecule has 7 heteroatoms. The topological polar surface area (TPSA) is 66.9 Å². The average Bonchev–Trinajstić information content (AvgIpc) is 2.67. The molecule has 0 fully saturated rings. The second-order valence-electron chi connectivity index (χ2n) is 5.51. The molecule has 0 saturated heterocycles. The van der Waals surface area contributed by atoms with Gasteiger partial charge in [0, 0.05) is 36.1 Å². The molecule has 0 bridgehead atoms. The Morgan fingerprint density at radius 1 is 0.962 bits per heavy atom. The maximum Gasteiger partial charge on any atom is 0.254 e. The third kappa shape index (κ3) is 4.55. The zero-order chi connectivity index (χ0) is 18.4. The van der Waals surface area contributed by atoms with Crippen molar-refractivity contribution in [3.05, 3.63) is 88.5 Å². The fraction of sp³-hybridized carbons (Fsp3) is 0.105. The van der Waals surface area contributed by atoms with Gasteiger partial charge in [0.25, 0.3) is 5.91 Å². The molecule has 0 atom stereocenters. The molecule has 0 aliphatic carbocycles. The number of benzene rings is 2. The number of nitrogens with zero attached hydrogens (tertiary/aromatic N) is 2. The lowest BCUT2D eigenvalue weighted by molar-refractivity contribution is 0.0950. The summed E-state index contributed by atoms with van der Waals surface area (Å²) in [6.45, 7) is 0.566. The Morgan fingerprint density at radius 2 is 1.62 bits per heavy atom. The predicted octanol–water partition coefficient (Wildman–Crippen LogP) is 3.81. The fourth-order valence-electron chi connectivity index (χ4n) is 2.27. The number of carbonyl (C=O) groups is 1. The molecule has 1 aromatic heterocycles. The Hall–Kier alpha value is -2.99. The number of hydrogen-bond donors (Lipinski definition) is 2. The normalized spacial score (nSPS) is 10.4. The summed E-state index contributed by atoms with van der Waals surface area (Å²) in [5.74, 6) is -0.281. The van der Waals surface area contributed by atoms with E-state index in [4.69, 9.17) is 11.6 Å². The van der Waals surface area contributed by atoms with Crippen LogP contribution in [-0.2, 0) is 13.1 Å². The number of hydrogen-bond acceptors (Lipinski definition) is 4. The SMILES string of the molecule is O=C(NCc1ccccc1Cl)c1cnc(NCc2ccccc2F)nc1. The van der Waals surface area contributed by atoms with Crippen LogP contribution in [0.25, 0.3) is 0 Å². The van der Waals surface area contributed by atoms with E-state index in [0.29, 0.717) is 28.6 Å². The summed E-state index contributed by atoms with van der Waals surface area (Å²) in [6.07, 6.45) is 2.83. The number of rotatable bonds is 6. The second-order valence-corrected chi connectivity index (χ2v) is 5.92. The Morgan fingerprint density at radius 3 is 2.31 bits per heavy atom. The van der Waals surface area contributed by atoms with Crippen LogP contribution in [0.15, 0.2) is 60.9 Å². The molecule has 1 heterocycles. The molecule has 3 rings (SSSR count). The Labute approximate surface area is 155 Å². The lowest BCUT2D eigenvalue weighted by Crippen LogP contribution is -2.23. The van der Waals surface area contributed by atoms with Crippen LogP contribution < -0.4 is 10.6 Å².